The fourth-order valence-corrected chi connectivity index (χ4v) is 10.9. The van der Waals surface area contributed by atoms with Crippen LogP contribution in [0.1, 0.15) is 74.3 Å². The van der Waals surface area contributed by atoms with Gasteiger partial charge < -0.3 is 45.0 Å². The van der Waals surface area contributed by atoms with E-state index in [1.807, 2.05) is 91.0 Å². The summed E-state index contributed by atoms with van der Waals surface area (Å²) >= 11 is 2.33. The predicted octanol–water partition coefficient (Wildman–Crippen LogP) is 6.72. The number of aromatic hydroxyl groups is 1. The van der Waals surface area contributed by atoms with Gasteiger partial charge in [-0.1, -0.05) is 96.2 Å². The van der Waals surface area contributed by atoms with E-state index in [1.165, 1.54) is 41.7 Å². The minimum Gasteiger partial charge on any atom is -0.506 e. The molecule has 3 heterocycles. The monoisotopic (exact) mass is 1050 g/mol. The minimum absolute atomic E-state index is 0.0899. The zero-order valence-electron chi connectivity index (χ0n) is 41.0. The van der Waals surface area contributed by atoms with Crippen molar-refractivity contribution in [1.82, 2.24) is 20.5 Å². The van der Waals surface area contributed by atoms with E-state index >= 15 is 0 Å². The number of phenolic OH excluding ortho intramolecular Hbond substituents is 1. The fourth-order valence-electron chi connectivity index (χ4n) is 7.82. The van der Waals surface area contributed by atoms with E-state index in [9.17, 15) is 37.5 Å². The van der Waals surface area contributed by atoms with Crippen LogP contribution in [0.4, 0.5) is 15.6 Å². The molecule has 4 aromatic carbocycles. The Morgan fingerprint density at radius 1 is 0.863 bits per heavy atom. The summed E-state index contributed by atoms with van der Waals surface area (Å²) in [7, 11) is -2.80. The highest BCUT2D eigenvalue weighted by Gasteiger charge is 2.69. The van der Waals surface area contributed by atoms with E-state index in [2.05, 4.69) is 25.8 Å². The standard InChI is InChI=1S/C51H55N7O12S3/c1-48(2,3)69-45(63)51(43(62)58-28-32(30-71-44(51)58)29-68-42(61)33-23-24-37(39(59)27-33)57-73(65,66)26-25-52-47(64)70-49(4,5)6)54-41(60)40(56-67-7)38-31-72-46(53-38)55-50(34-17-11-8-12-18-34,35-19-13-9-14-20-35)36-21-15-10-16-22-36/h8-24,27-28,31,44,57,59H,25-26,29-30H2,1-7H3,(H,52,64)(H,53,55)(H,54,60)/t44-,51?/m0/s1. The van der Waals surface area contributed by atoms with Crippen LogP contribution < -0.4 is 20.7 Å². The number of anilines is 2. The van der Waals surface area contributed by atoms with Gasteiger partial charge in [-0.3, -0.25) is 14.3 Å². The number of nitrogens with one attached hydrogen (secondary N) is 4. The van der Waals surface area contributed by atoms with E-state index in [0.29, 0.717) is 10.7 Å². The van der Waals surface area contributed by atoms with Gasteiger partial charge in [0.1, 0.15) is 47.3 Å². The topological polar surface area (TPSA) is 253 Å². The summed E-state index contributed by atoms with van der Waals surface area (Å²) in [5.41, 5.74) is -2.36. The number of fused-ring (bicyclic) bond motifs is 1. The number of thioether (sulfide) groups is 1. The van der Waals surface area contributed by atoms with E-state index in [0.717, 1.165) is 34.5 Å². The molecule has 1 aromatic heterocycles. The zero-order valence-corrected chi connectivity index (χ0v) is 43.4. The van der Waals surface area contributed by atoms with Crippen LogP contribution in [-0.4, -0.2) is 113 Å². The second-order valence-corrected chi connectivity index (χ2v) is 22.5. The lowest BCUT2D eigenvalue weighted by atomic mass is 9.77. The van der Waals surface area contributed by atoms with Crippen LogP contribution in [0.2, 0.25) is 0 Å². The quantitative estimate of drug-likeness (QED) is 0.00893. The third kappa shape index (κ3) is 12.3. The predicted molar refractivity (Wildman–Crippen MR) is 276 cm³/mol. The maximum atomic E-state index is 14.5. The van der Waals surface area contributed by atoms with Crippen LogP contribution >= 0.6 is 23.1 Å². The Hall–Kier alpha value is -7.43. The van der Waals surface area contributed by atoms with Gasteiger partial charge in [0, 0.05) is 23.9 Å². The first-order valence-corrected chi connectivity index (χ1v) is 26.3. The van der Waals surface area contributed by atoms with Gasteiger partial charge in [-0.15, -0.1) is 23.1 Å². The van der Waals surface area contributed by atoms with Gasteiger partial charge in [0.05, 0.1) is 17.0 Å². The number of ether oxygens (including phenoxy) is 3. The zero-order chi connectivity index (χ0) is 52.8. The average Bonchev–Trinajstić information content (AvgIpc) is 3.81. The van der Waals surface area contributed by atoms with Gasteiger partial charge in [-0.25, -0.2) is 27.8 Å². The number of carbonyl (C=O) groups excluding carboxylic acids is 5. The Morgan fingerprint density at radius 2 is 1.45 bits per heavy atom. The minimum atomic E-state index is -4.05. The molecule has 0 spiro atoms. The van der Waals surface area contributed by atoms with Crippen LogP contribution in [0.3, 0.4) is 0 Å². The maximum absolute atomic E-state index is 14.5. The molecule has 1 unspecified atom stereocenters. The summed E-state index contributed by atoms with van der Waals surface area (Å²) in [5.74, 6) is -4.61. The summed E-state index contributed by atoms with van der Waals surface area (Å²) in [5, 5.41) is 24.3. The number of phenols is 1. The number of β-lactam (4-membered cyclic amide) rings is 1. The fraction of sp³-hybridized carbons (Fsp3) is 0.314. The van der Waals surface area contributed by atoms with Crippen molar-refractivity contribution in [3.63, 3.8) is 0 Å². The molecular formula is C51H55N7O12S3. The lowest BCUT2D eigenvalue weighted by Gasteiger charge is -2.54. The molecule has 0 aliphatic carbocycles. The summed E-state index contributed by atoms with van der Waals surface area (Å²) in [6.07, 6.45) is 0.637. The SMILES string of the molecule is CON=C(C(=O)NC1(C(=O)OC(C)(C)C)C(=O)N2C=C(COC(=O)c3ccc(NS(=O)(=O)CCNC(=O)OC(C)(C)C)c(O)c3)CS[C@H]21)c1csc(NC(c2ccccc2)(c2ccccc2)c2ccccc2)n1. The highest BCUT2D eigenvalue weighted by Crippen LogP contribution is 2.45. The molecule has 22 heteroatoms. The molecule has 1 saturated heterocycles. The lowest BCUT2D eigenvalue weighted by Crippen LogP contribution is -2.82. The molecule has 0 bridgehead atoms. The molecule has 3 amide bonds. The Kier molecular flexibility index (Phi) is 15.9. The number of benzene rings is 4. The van der Waals surface area contributed by atoms with Gasteiger partial charge >= 0.3 is 18.0 Å². The molecule has 1 fully saturated rings. The third-order valence-corrected chi connectivity index (χ3v) is 14.4. The average molecular weight is 1050 g/mol. The smallest absolute Gasteiger partial charge is 0.407 e. The van der Waals surface area contributed by atoms with E-state index < -0.39 is 79.0 Å². The van der Waals surface area contributed by atoms with Crippen molar-refractivity contribution in [1.29, 1.82) is 0 Å². The first-order chi connectivity index (χ1) is 34.5. The molecule has 73 heavy (non-hydrogen) atoms. The van der Waals surface area contributed by atoms with E-state index in [1.54, 1.807) is 46.9 Å². The van der Waals surface area contributed by atoms with Crippen molar-refractivity contribution in [2.24, 2.45) is 5.16 Å². The molecule has 7 rings (SSSR count). The van der Waals surface area contributed by atoms with Gasteiger partial charge in [-0.2, -0.15) is 0 Å². The van der Waals surface area contributed by atoms with Crippen molar-refractivity contribution in [3.8, 4) is 5.75 Å². The number of nitrogens with zero attached hydrogens (tertiary/aromatic N) is 3. The number of alkyl carbamates (subject to hydrolysis) is 1. The van der Waals surface area contributed by atoms with Crippen LogP contribution in [0.25, 0.3) is 0 Å². The van der Waals surface area contributed by atoms with E-state index in [4.69, 9.17) is 24.0 Å². The van der Waals surface area contributed by atoms with Crippen molar-refractivity contribution < 1.29 is 56.5 Å². The molecule has 2 aliphatic heterocycles. The number of carbonyl (C=O) groups is 5. The Morgan fingerprint density at radius 3 is 2.00 bits per heavy atom. The molecule has 2 atom stereocenters. The molecule has 0 radical (unpaired) electrons. The molecule has 5 N–H and O–H groups in total. The summed E-state index contributed by atoms with van der Waals surface area (Å²) in [6.45, 7) is 9.29. The number of esters is 2. The van der Waals surface area contributed by atoms with E-state index in [-0.39, 0.29) is 41.6 Å². The van der Waals surface area contributed by atoms with Gasteiger partial charge in [-0.05, 0) is 82.0 Å². The maximum Gasteiger partial charge on any atom is 0.407 e. The number of hydrogen-bond donors (Lipinski definition) is 5. The molecule has 0 saturated carbocycles. The molecule has 2 aliphatic rings. The van der Waals surface area contributed by atoms with Crippen molar-refractivity contribution in [2.45, 2.75) is 69.2 Å². The van der Waals surface area contributed by atoms with Crippen LogP contribution in [0, 0.1) is 0 Å². The van der Waals surface area contributed by atoms with Crippen LogP contribution in [0.15, 0.2) is 132 Å². The lowest BCUT2D eigenvalue weighted by molar-refractivity contribution is -0.180. The first-order valence-electron chi connectivity index (χ1n) is 22.7. The van der Waals surface area contributed by atoms with Gasteiger partial charge in [0.15, 0.2) is 10.8 Å². The van der Waals surface area contributed by atoms with Crippen molar-refractivity contribution in [2.75, 3.05) is 41.8 Å². The van der Waals surface area contributed by atoms with Crippen LogP contribution in [-0.2, 0) is 49.0 Å². The number of thiazole rings is 1. The number of aromatic nitrogens is 1. The Bertz CT molecular complexity index is 2930. The van der Waals surface area contributed by atoms with Gasteiger partial charge in [0.2, 0.25) is 15.6 Å². The molecule has 384 valence electrons. The number of hydrogen-bond acceptors (Lipinski definition) is 17. The van der Waals surface area contributed by atoms with Crippen molar-refractivity contribution in [3.05, 3.63) is 154 Å². The number of amides is 3. The molecule has 19 nitrogen and oxygen atoms in total. The third-order valence-electron chi connectivity index (χ3n) is 11.0. The highest BCUT2D eigenvalue weighted by molar-refractivity contribution is 8.00. The first kappa shape index (κ1) is 53.4. The molecule has 5 aromatic rings. The Labute approximate surface area is 430 Å². The normalized spacial score (nSPS) is 16.9. The Balaban J connectivity index is 1.06. The van der Waals surface area contributed by atoms with Crippen LogP contribution in [0.5, 0.6) is 5.75 Å². The number of oxime groups is 1. The summed E-state index contributed by atoms with van der Waals surface area (Å²) in [4.78, 5) is 79.2. The second kappa shape index (κ2) is 21.7. The highest BCUT2D eigenvalue weighted by atomic mass is 32.2. The molecular weight excluding hydrogens is 999 g/mol. The number of sulfonamides is 1. The van der Waals surface area contributed by atoms with Crippen molar-refractivity contribution >= 4 is 79.5 Å². The largest absolute Gasteiger partial charge is 0.506 e. The second-order valence-electron chi connectivity index (χ2n) is 18.7. The van der Waals surface area contributed by atoms with Gasteiger partial charge in [0.25, 0.3) is 11.8 Å². The summed E-state index contributed by atoms with van der Waals surface area (Å²) in [6, 6.07) is 33.0. The summed E-state index contributed by atoms with van der Waals surface area (Å²) < 4.78 is 43.9. The number of rotatable bonds is 18.